The van der Waals surface area contributed by atoms with Crippen molar-refractivity contribution in [1.82, 2.24) is 0 Å². The second-order valence-electron chi connectivity index (χ2n) is 3.43. The molecule has 3 N–H and O–H groups in total. The lowest BCUT2D eigenvalue weighted by atomic mass is 10.0. The molecule has 0 aliphatic rings. The fourth-order valence-electron chi connectivity index (χ4n) is 1.31. The predicted octanol–water partition coefficient (Wildman–Crippen LogP) is 0.513. The maximum atomic E-state index is 11.2. The zero-order valence-corrected chi connectivity index (χ0v) is 9.89. The van der Waals surface area contributed by atoms with E-state index in [9.17, 15) is 15.0 Å². The largest absolute Gasteiger partial charge is 0.465 e. The van der Waals surface area contributed by atoms with Crippen LogP contribution in [0.25, 0.3) is 0 Å². The molecule has 6 heteroatoms. The topological polar surface area (TPSA) is 87.0 Å². The smallest absolute Gasteiger partial charge is 0.339 e. The zero-order valence-electron chi connectivity index (χ0n) is 9.13. The minimum atomic E-state index is -1.30. The minimum Gasteiger partial charge on any atom is -0.465 e. The van der Waals surface area contributed by atoms with E-state index in [-0.39, 0.29) is 10.6 Å². The maximum absolute atomic E-state index is 11.2. The third-order valence-corrected chi connectivity index (χ3v) is 2.60. The van der Waals surface area contributed by atoms with Gasteiger partial charge in [0, 0.05) is 0 Å². The van der Waals surface area contributed by atoms with Gasteiger partial charge in [0.15, 0.2) is 0 Å². The Hall–Kier alpha value is -1.14. The van der Waals surface area contributed by atoms with Crippen LogP contribution in [-0.4, -0.2) is 41.1 Å². The second-order valence-corrected chi connectivity index (χ2v) is 3.83. The quantitative estimate of drug-likeness (QED) is 0.687. The monoisotopic (exact) mass is 260 g/mol. The summed E-state index contributed by atoms with van der Waals surface area (Å²) in [6.45, 7) is -0.572. The average molecular weight is 261 g/mol. The molecule has 0 amide bonds. The number of halogens is 1. The van der Waals surface area contributed by atoms with E-state index in [1.165, 1.54) is 25.3 Å². The summed E-state index contributed by atoms with van der Waals surface area (Å²) in [5, 5.41) is 27.7. The van der Waals surface area contributed by atoms with E-state index in [1.807, 2.05) is 0 Å². The molecule has 1 aromatic carbocycles. The summed E-state index contributed by atoms with van der Waals surface area (Å²) in [7, 11) is 1.23. The summed E-state index contributed by atoms with van der Waals surface area (Å²) in [6, 6.07) is 4.16. The normalized spacial score (nSPS) is 14.2. The highest BCUT2D eigenvalue weighted by Gasteiger charge is 2.19. The van der Waals surface area contributed by atoms with Crippen LogP contribution in [0.5, 0.6) is 0 Å². The predicted molar refractivity (Wildman–Crippen MR) is 60.8 cm³/mol. The Balaban J connectivity index is 3.00. The van der Waals surface area contributed by atoms with Gasteiger partial charge in [-0.15, -0.1) is 0 Å². The number of aliphatic hydroxyl groups is 3. The molecule has 1 aromatic rings. The molecule has 0 aromatic heterocycles. The molecule has 94 valence electrons. The Morgan fingerprint density at radius 2 is 2.12 bits per heavy atom. The molecule has 5 nitrogen and oxygen atoms in total. The molecular formula is C11H13ClO5. The van der Waals surface area contributed by atoms with Crippen LogP contribution in [0.2, 0.25) is 5.02 Å². The maximum Gasteiger partial charge on any atom is 0.339 e. The Labute approximate surface area is 103 Å². The van der Waals surface area contributed by atoms with Crippen LogP contribution in [0.3, 0.4) is 0 Å². The van der Waals surface area contributed by atoms with Crippen molar-refractivity contribution in [3.05, 3.63) is 34.3 Å². The molecule has 0 saturated carbocycles. The summed E-state index contributed by atoms with van der Waals surface area (Å²) >= 11 is 5.84. The van der Waals surface area contributed by atoms with Gasteiger partial charge in [-0.3, -0.25) is 0 Å². The summed E-state index contributed by atoms with van der Waals surface area (Å²) in [4.78, 5) is 11.2. The summed E-state index contributed by atoms with van der Waals surface area (Å²) in [5.74, 6) is -0.584. The van der Waals surface area contributed by atoms with Gasteiger partial charge in [0.25, 0.3) is 0 Å². The van der Waals surface area contributed by atoms with E-state index in [2.05, 4.69) is 4.74 Å². The van der Waals surface area contributed by atoms with E-state index < -0.39 is 24.8 Å². The molecular weight excluding hydrogens is 248 g/mol. The molecule has 0 saturated heterocycles. The fourth-order valence-corrected chi connectivity index (χ4v) is 1.58. The van der Waals surface area contributed by atoms with E-state index in [1.54, 1.807) is 0 Å². The molecule has 1 rings (SSSR count). The van der Waals surface area contributed by atoms with E-state index in [4.69, 9.17) is 16.7 Å². The van der Waals surface area contributed by atoms with Gasteiger partial charge in [-0.05, 0) is 17.7 Å². The van der Waals surface area contributed by atoms with Crippen molar-refractivity contribution in [1.29, 1.82) is 0 Å². The van der Waals surface area contributed by atoms with Gasteiger partial charge in [0.05, 0.1) is 24.3 Å². The second kappa shape index (κ2) is 5.97. The van der Waals surface area contributed by atoms with Crippen LogP contribution in [0, 0.1) is 0 Å². The Morgan fingerprint density at radius 3 is 2.59 bits per heavy atom. The van der Waals surface area contributed by atoms with E-state index >= 15 is 0 Å². The number of esters is 1. The third-order valence-electron chi connectivity index (χ3n) is 2.29. The number of hydrogen-bond acceptors (Lipinski definition) is 5. The molecule has 2 atom stereocenters. The van der Waals surface area contributed by atoms with Crippen LogP contribution in [0.4, 0.5) is 0 Å². The standard InChI is InChI=1S/C11H13ClO5/c1-17-11(16)7-3-2-6(4-8(7)12)10(15)9(14)5-13/h2-4,9-10,13-15H,5H2,1H3. The van der Waals surface area contributed by atoms with Crippen LogP contribution < -0.4 is 0 Å². The molecule has 0 aliphatic heterocycles. The Bertz CT molecular complexity index is 407. The molecule has 0 bridgehead atoms. The number of aliphatic hydroxyl groups excluding tert-OH is 3. The minimum absolute atomic E-state index is 0.110. The number of carbonyl (C=O) groups excluding carboxylic acids is 1. The fraction of sp³-hybridized carbons (Fsp3) is 0.364. The number of ether oxygens (including phenoxy) is 1. The van der Waals surface area contributed by atoms with E-state index in [0.717, 1.165) is 0 Å². The highest BCUT2D eigenvalue weighted by atomic mass is 35.5. The van der Waals surface area contributed by atoms with Gasteiger partial charge in [-0.1, -0.05) is 17.7 Å². The van der Waals surface area contributed by atoms with Crippen LogP contribution in [-0.2, 0) is 4.74 Å². The number of rotatable bonds is 4. The Morgan fingerprint density at radius 1 is 1.47 bits per heavy atom. The third kappa shape index (κ3) is 3.17. The lowest BCUT2D eigenvalue weighted by Gasteiger charge is -2.16. The lowest BCUT2D eigenvalue weighted by Crippen LogP contribution is -2.22. The van der Waals surface area contributed by atoms with Crippen molar-refractivity contribution in [3.63, 3.8) is 0 Å². The summed E-state index contributed by atoms with van der Waals surface area (Å²) in [5.41, 5.74) is 0.479. The lowest BCUT2D eigenvalue weighted by molar-refractivity contribution is -0.0152. The van der Waals surface area contributed by atoms with Crippen molar-refractivity contribution in [2.24, 2.45) is 0 Å². The van der Waals surface area contributed by atoms with Gasteiger partial charge in [-0.2, -0.15) is 0 Å². The highest BCUT2D eigenvalue weighted by molar-refractivity contribution is 6.33. The van der Waals surface area contributed by atoms with Crippen molar-refractivity contribution >= 4 is 17.6 Å². The van der Waals surface area contributed by atoms with Crippen molar-refractivity contribution in [2.45, 2.75) is 12.2 Å². The molecule has 0 fully saturated rings. The highest BCUT2D eigenvalue weighted by Crippen LogP contribution is 2.24. The summed E-state index contributed by atoms with van der Waals surface area (Å²) < 4.78 is 4.51. The first-order chi connectivity index (χ1) is 8.01. The molecule has 0 radical (unpaired) electrons. The number of benzene rings is 1. The molecule has 0 spiro atoms. The van der Waals surface area contributed by atoms with Crippen LogP contribution in [0.1, 0.15) is 22.0 Å². The number of hydrogen-bond donors (Lipinski definition) is 3. The first-order valence-corrected chi connectivity index (χ1v) is 5.23. The van der Waals surface area contributed by atoms with Gasteiger partial charge in [0.2, 0.25) is 0 Å². The van der Waals surface area contributed by atoms with E-state index in [0.29, 0.717) is 5.56 Å². The van der Waals surface area contributed by atoms with Crippen LogP contribution >= 0.6 is 11.6 Å². The SMILES string of the molecule is COC(=O)c1ccc(C(O)C(O)CO)cc1Cl. The van der Waals surface area contributed by atoms with Gasteiger partial charge in [0.1, 0.15) is 12.2 Å². The first kappa shape index (κ1) is 13.9. The Kier molecular flexibility index (Phi) is 4.89. The molecule has 0 heterocycles. The summed E-state index contributed by atoms with van der Waals surface area (Å²) in [6.07, 6.45) is -2.56. The number of methoxy groups -OCH3 is 1. The zero-order chi connectivity index (χ0) is 13.0. The van der Waals surface area contributed by atoms with Gasteiger partial charge >= 0.3 is 5.97 Å². The molecule has 2 unspecified atom stereocenters. The van der Waals surface area contributed by atoms with Crippen molar-refractivity contribution < 1.29 is 24.9 Å². The van der Waals surface area contributed by atoms with Crippen molar-refractivity contribution in [3.8, 4) is 0 Å². The average Bonchev–Trinajstić information content (AvgIpc) is 2.35. The van der Waals surface area contributed by atoms with Crippen LogP contribution in [0.15, 0.2) is 18.2 Å². The molecule has 0 aliphatic carbocycles. The van der Waals surface area contributed by atoms with Gasteiger partial charge < -0.3 is 20.1 Å². The number of carbonyl (C=O) groups is 1. The molecule has 17 heavy (non-hydrogen) atoms. The van der Waals surface area contributed by atoms with Crippen molar-refractivity contribution in [2.75, 3.05) is 13.7 Å². The van der Waals surface area contributed by atoms with Gasteiger partial charge in [-0.25, -0.2) is 4.79 Å². The first-order valence-electron chi connectivity index (χ1n) is 4.86.